The molecule has 15 heavy (non-hydrogen) atoms. The summed E-state index contributed by atoms with van der Waals surface area (Å²) >= 11 is 2.17. The van der Waals surface area contributed by atoms with E-state index in [2.05, 4.69) is 27.9 Å². The van der Waals surface area contributed by atoms with Crippen LogP contribution in [0.1, 0.15) is 24.2 Å². The summed E-state index contributed by atoms with van der Waals surface area (Å²) in [6.07, 6.45) is 0. The standard InChI is InChI=1S/C11H11IN2O/c1-11(2,7-13)14-10(15)8-3-5-9(12)6-4-8/h3-6H,1-2H3,(H,14,15). The van der Waals surface area contributed by atoms with Crippen LogP contribution in [0.2, 0.25) is 0 Å². The highest BCUT2D eigenvalue weighted by Crippen LogP contribution is 2.08. The van der Waals surface area contributed by atoms with E-state index in [1.54, 1.807) is 26.0 Å². The van der Waals surface area contributed by atoms with E-state index in [1.807, 2.05) is 18.2 Å². The SMILES string of the molecule is CC(C)(C#N)NC(=O)c1ccc(I)cc1. The Labute approximate surface area is 103 Å². The molecule has 0 radical (unpaired) electrons. The topological polar surface area (TPSA) is 52.9 Å². The van der Waals surface area contributed by atoms with E-state index in [-0.39, 0.29) is 5.91 Å². The van der Waals surface area contributed by atoms with Gasteiger partial charge < -0.3 is 5.32 Å². The maximum absolute atomic E-state index is 11.7. The number of hydrogen-bond donors (Lipinski definition) is 1. The molecule has 0 aliphatic heterocycles. The van der Waals surface area contributed by atoms with Gasteiger partial charge in [0.05, 0.1) is 6.07 Å². The second-order valence-electron chi connectivity index (χ2n) is 3.70. The van der Waals surface area contributed by atoms with E-state index in [1.165, 1.54) is 0 Å². The first-order valence-corrected chi connectivity index (χ1v) is 5.52. The van der Waals surface area contributed by atoms with Gasteiger partial charge in [0.2, 0.25) is 0 Å². The highest BCUT2D eigenvalue weighted by molar-refractivity contribution is 14.1. The molecule has 0 aliphatic carbocycles. The van der Waals surface area contributed by atoms with Crippen LogP contribution in [0.3, 0.4) is 0 Å². The lowest BCUT2D eigenvalue weighted by molar-refractivity contribution is 0.0929. The van der Waals surface area contributed by atoms with Crippen LogP contribution in [-0.4, -0.2) is 11.4 Å². The minimum absolute atomic E-state index is 0.224. The second kappa shape index (κ2) is 4.62. The molecule has 0 saturated carbocycles. The Hall–Kier alpha value is -1.09. The molecule has 0 heterocycles. The largest absolute Gasteiger partial charge is 0.334 e. The van der Waals surface area contributed by atoms with Crippen molar-refractivity contribution in [2.45, 2.75) is 19.4 Å². The van der Waals surface area contributed by atoms with Gasteiger partial charge in [0.15, 0.2) is 0 Å². The summed E-state index contributed by atoms with van der Waals surface area (Å²) in [6.45, 7) is 3.33. The number of nitrogens with zero attached hydrogens (tertiary/aromatic N) is 1. The van der Waals surface area contributed by atoms with Crippen molar-refractivity contribution in [2.24, 2.45) is 0 Å². The van der Waals surface area contributed by atoms with Gasteiger partial charge in [-0.25, -0.2) is 0 Å². The number of nitrogens with one attached hydrogen (secondary N) is 1. The molecular weight excluding hydrogens is 303 g/mol. The molecule has 1 aromatic rings. The molecular formula is C11H11IN2O. The molecule has 0 fully saturated rings. The van der Waals surface area contributed by atoms with E-state index >= 15 is 0 Å². The number of halogens is 1. The van der Waals surface area contributed by atoms with Crippen molar-refractivity contribution in [2.75, 3.05) is 0 Å². The van der Waals surface area contributed by atoms with Crippen LogP contribution in [0.4, 0.5) is 0 Å². The summed E-state index contributed by atoms with van der Waals surface area (Å²) in [4.78, 5) is 11.7. The third kappa shape index (κ3) is 3.51. The van der Waals surface area contributed by atoms with Gasteiger partial charge >= 0.3 is 0 Å². The van der Waals surface area contributed by atoms with E-state index in [9.17, 15) is 4.79 Å². The van der Waals surface area contributed by atoms with Gasteiger partial charge in [0, 0.05) is 9.13 Å². The summed E-state index contributed by atoms with van der Waals surface area (Å²) in [7, 11) is 0. The second-order valence-corrected chi connectivity index (χ2v) is 4.94. The third-order valence-electron chi connectivity index (χ3n) is 1.81. The van der Waals surface area contributed by atoms with E-state index in [0.29, 0.717) is 5.56 Å². The average molecular weight is 314 g/mol. The molecule has 3 nitrogen and oxygen atoms in total. The fourth-order valence-electron chi connectivity index (χ4n) is 0.985. The Bertz CT molecular complexity index is 404. The number of nitriles is 1. The molecule has 0 saturated heterocycles. The fraction of sp³-hybridized carbons (Fsp3) is 0.273. The lowest BCUT2D eigenvalue weighted by Crippen LogP contribution is -2.42. The average Bonchev–Trinajstić information content (AvgIpc) is 2.18. The predicted molar refractivity (Wildman–Crippen MR) is 66.3 cm³/mol. The van der Waals surface area contributed by atoms with Crippen molar-refractivity contribution in [1.29, 1.82) is 5.26 Å². The molecule has 0 spiro atoms. The van der Waals surface area contributed by atoms with Crippen LogP contribution in [0.25, 0.3) is 0 Å². The van der Waals surface area contributed by atoms with Gasteiger partial charge in [-0.15, -0.1) is 0 Å². The molecule has 1 N–H and O–H groups in total. The Kier molecular flexibility index (Phi) is 3.69. The third-order valence-corrected chi connectivity index (χ3v) is 2.53. The van der Waals surface area contributed by atoms with Crippen LogP contribution in [0.15, 0.2) is 24.3 Å². The lowest BCUT2D eigenvalue weighted by atomic mass is 10.1. The van der Waals surface area contributed by atoms with Gasteiger partial charge in [0.1, 0.15) is 5.54 Å². The molecule has 4 heteroatoms. The van der Waals surface area contributed by atoms with Crippen LogP contribution >= 0.6 is 22.6 Å². The molecule has 0 aromatic heterocycles. The number of hydrogen-bond acceptors (Lipinski definition) is 2. The molecule has 78 valence electrons. The number of benzene rings is 1. The minimum atomic E-state index is -0.833. The molecule has 1 rings (SSSR count). The zero-order chi connectivity index (χ0) is 11.5. The van der Waals surface area contributed by atoms with Crippen molar-refractivity contribution in [3.8, 4) is 6.07 Å². The Morgan fingerprint density at radius 1 is 1.40 bits per heavy atom. The molecule has 0 aliphatic rings. The Morgan fingerprint density at radius 3 is 2.40 bits per heavy atom. The number of carbonyl (C=O) groups is 1. The molecule has 1 amide bonds. The number of rotatable bonds is 2. The lowest BCUT2D eigenvalue weighted by Gasteiger charge is -2.17. The van der Waals surface area contributed by atoms with E-state index in [0.717, 1.165) is 3.57 Å². The summed E-state index contributed by atoms with van der Waals surface area (Å²) in [5.74, 6) is -0.224. The Morgan fingerprint density at radius 2 is 1.93 bits per heavy atom. The first-order chi connectivity index (χ1) is 6.94. The van der Waals surface area contributed by atoms with Crippen molar-refractivity contribution in [1.82, 2.24) is 5.32 Å². The fourth-order valence-corrected chi connectivity index (χ4v) is 1.34. The normalized spacial score (nSPS) is 10.5. The minimum Gasteiger partial charge on any atom is -0.334 e. The molecule has 0 atom stereocenters. The maximum atomic E-state index is 11.7. The van der Waals surface area contributed by atoms with Gasteiger partial charge in [0.25, 0.3) is 5.91 Å². The van der Waals surface area contributed by atoms with Crippen LogP contribution in [-0.2, 0) is 0 Å². The summed E-state index contributed by atoms with van der Waals surface area (Å²) in [6, 6.07) is 9.21. The maximum Gasteiger partial charge on any atom is 0.252 e. The van der Waals surface area contributed by atoms with Crippen molar-refractivity contribution in [3.63, 3.8) is 0 Å². The molecule has 0 unspecified atom stereocenters. The van der Waals surface area contributed by atoms with Gasteiger partial charge in [-0.2, -0.15) is 5.26 Å². The predicted octanol–water partition coefficient (Wildman–Crippen LogP) is 2.32. The quantitative estimate of drug-likeness (QED) is 0.852. The smallest absolute Gasteiger partial charge is 0.252 e. The van der Waals surface area contributed by atoms with E-state index in [4.69, 9.17) is 5.26 Å². The first-order valence-electron chi connectivity index (χ1n) is 4.44. The summed E-state index contributed by atoms with van der Waals surface area (Å²) in [5.41, 5.74) is -0.265. The number of amides is 1. The molecule has 1 aromatic carbocycles. The highest BCUT2D eigenvalue weighted by atomic mass is 127. The van der Waals surface area contributed by atoms with Gasteiger partial charge in [-0.05, 0) is 60.7 Å². The van der Waals surface area contributed by atoms with Crippen molar-refractivity contribution in [3.05, 3.63) is 33.4 Å². The zero-order valence-corrected chi connectivity index (χ0v) is 10.7. The summed E-state index contributed by atoms with van der Waals surface area (Å²) < 4.78 is 1.07. The molecule has 0 bridgehead atoms. The zero-order valence-electron chi connectivity index (χ0n) is 8.54. The summed E-state index contributed by atoms with van der Waals surface area (Å²) in [5, 5.41) is 11.4. The van der Waals surface area contributed by atoms with Crippen LogP contribution in [0.5, 0.6) is 0 Å². The Balaban J connectivity index is 2.79. The van der Waals surface area contributed by atoms with Crippen molar-refractivity contribution < 1.29 is 4.79 Å². The van der Waals surface area contributed by atoms with E-state index < -0.39 is 5.54 Å². The van der Waals surface area contributed by atoms with Gasteiger partial charge in [-0.3, -0.25) is 4.79 Å². The van der Waals surface area contributed by atoms with Crippen molar-refractivity contribution >= 4 is 28.5 Å². The van der Waals surface area contributed by atoms with Gasteiger partial charge in [-0.1, -0.05) is 0 Å². The first kappa shape index (κ1) is 12.0. The van der Waals surface area contributed by atoms with Crippen LogP contribution < -0.4 is 5.32 Å². The van der Waals surface area contributed by atoms with Crippen LogP contribution in [0, 0.1) is 14.9 Å². The number of carbonyl (C=O) groups excluding carboxylic acids is 1. The highest BCUT2D eigenvalue weighted by Gasteiger charge is 2.19. The monoisotopic (exact) mass is 314 g/mol.